The van der Waals surface area contributed by atoms with Crippen molar-refractivity contribution in [2.45, 2.75) is 19.9 Å². The summed E-state index contributed by atoms with van der Waals surface area (Å²) in [6, 6.07) is 17.0. The average molecular weight is 423 g/mol. The molecule has 4 amide bonds. The van der Waals surface area contributed by atoms with Crippen LogP contribution >= 0.6 is 11.3 Å². The molecule has 1 unspecified atom stereocenters. The number of urea groups is 1. The van der Waals surface area contributed by atoms with Crippen molar-refractivity contribution in [1.29, 1.82) is 0 Å². The molecular formula is C21H21N5O3S. The molecule has 154 valence electrons. The second kappa shape index (κ2) is 9.66. The van der Waals surface area contributed by atoms with Crippen molar-refractivity contribution in [1.82, 2.24) is 21.2 Å². The van der Waals surface area contributed by atoms with Gasteiger partial charge in [0.05, 0.1) is 5.69 Å². The van der Waals surface area contributed by atoms with E-state index < -0.39 is 23.9 Å². The maximum Gasteiger partial charge on any atom is 0.319 e. The van der Waals surface area contributed by atoms with Gasteiger partial charge in [0.15, 0.2) is 0 Å². The molecule has 8 nitrogen and oxygen atoms in total. The molecular weight excluding hydrogens is 402 g/mol. The Labute approximate surface area is 177 Å². The van der Waals surface area contributed by atoms with Gasteiger partial charge in [-0.15, -0.1) is 11.3 Å². The van der Waals surface area contributed by atoms with Crippen LogP contribution in [0.15, 0.2) is 60.7 Å². The highest BCUT2D eigenvalue weighted by molar-refractivity contribution is 7.17. The molecule has 0 aliphatic rings. The smallest absolute Gasteiger partial charge is 0.319 e. The Kier molecular flexibility index (Phi) is 6.76. The van der Waals surface area contributed by atoms with Gasteiger partial charge in [0.2, 0.25) is 0 Å². The highest BCUT2D eigenvalue weighted by Gasteiger charge is 2.19. The number of anilines is 1. The van der Waals surface area contributed by atoms with Crippen molar-refractivity contribution >= 4 is 34.9 Å². The van der Waals surface area contributed by atoms with Crippen LogP contribution in [0.1, 0.15) is 22.3 Å². The van der Waals surface area contributed by atoms with E-state index in [2.05, 4.69) is 26.5 Å². The zero-order chi connectivity index (χ0) is 21.5. The minimum absolute atomic E-state index is 0.400. The molecule has 0 bridgehead atoms. The molecule has 3 rings (SSSR count). The molecule has 0 aliphatic heterocycles. The molecule has 2 aromatic carbocycles. The average Bonchev–Trinajstić information content (AvgIpc) is 3.14. The molecule has 0 spiro atoms. The van der Waals surface area contributed by atoms with E-state index in [-0.39, 0.29) is 0 Å². The van der Waals surface area contributed by atoms with Crippen molar-refractivity contribution in [2.24, 2.45) is 0 Å². The lowest BCUT2D eigenvalue weighted by atomic mass is 10.2. The normalized spacial score (nSPS) is 11.3. The third-order valence-electron chi connectivity index (χ3n) is 4.10. The maximum absolute atomic E-state index is 12.4. The van der Waals surface area contributed by atoms with Gasteiger partial charge in [-0.25, -0.2) is 9.78 Å². The van der Waals surface area contributed by atoms with Crippen molar-refractivity contribution < 1.29 is 14.4 Å². The first-order chi connectivity index (χ1) is 14.4. The first kappa shape index (κ1) is 21.0. The molecule has 1 aromatic heterocycles. The number of nitrogens with one attached hydrogen (secondary N) is 4. The number of carbonyl (C=O) groups is 3. The van der Waals surface area contributed by atoms with Crippen LogP contribution in [0.3, 0.4) is 0 Å². The molecule has 0 saturated heterocycles. The Morgan fingerprint density at radius 2 is 1.57 bits per heavy atom. The standard InChI is InChI=1S/C21H21N5O3S/c1-13-17(30-20(22-13)15-9-5-3-6-10-15)19(28)26-25-18(27)14(2)23-21(29)24-16-11-7-4-8-12-16/h3-12,14H,1-2H3,(H,25,27)(H,26,28)(H2,23,24,29). The number of hydrogen-bond donors (Lipinski definition) is 4. The summed E-state index contributed by atoms with van der Waals surface area (Å²) >= 11 is 1.24. The lowest BCUT2D eigenvalue weighted by Crippen LogP contribution is -2.51. The van der Waals surface area contributed by atoms with E-state index in [0.717, 1.165) is 10.6 Å². The van der Waals surface area contributed by atoms with Crippen LogP contribution in [-0.2, 0) is 4.79 Å². The van der Waals surface area contributed by atoms with Crippen LogP contribution in [0.4, 0.5) is 10.5 Å². The van der Waals surface area contributed by atoms with E-state index in [1.807, 2.05) is 36.4 Å². The third kappa shape index (κ3) is 5.42. The third-order valence-corrected chi connectivity index (χ3v) is 5.30. The monoisotopic (exact) mass is 423 g/mol. The maximum atomic E-state index is 12.4. The van der Waals surface area contributed by atoms with Gasteiger partial charge in [0, 0.05) is 11.3 Å². The number of aryl methyl sites for hydroxylation is 1. The molecule has 0 saturated carbocycles. The van der Waals surface area contributed by atoms with E-state index in [1.165, 1.54) is 18.3 Å². The van der Waals surface area contributed by atoms with Gasteiger partial charge in [-0.1, -0.05) is 48.5 Å². The van der Waals surface area contributed by atoms with E-state index in [0.29, 0.717) is 16.3 Å². The predicted octanol–water partition coefficient (Wildman–Crippen LogP) is 3.09. The number of benzene rings is 2. The lowest BCUT2D eigenvalue weighted by Gasteiger charge is -2.15. The zero-order valence-corrected chi connectivity index (χ0v) is 17.2. The fourth-order valence-corrected chi connectivity index (χ4v) is 3.51. The number of nitrogens with zero attached hydrogens (tertiary/aromatic N) is 1. The van der Waals surface area contributed by atoms with E-state index >= 15 is 0 Å². The number of carbonyl (C=O) groups excluding carboxylic acids is 3. The molecule has 9 heteroatoms. The first-order valence-electron chi connectivity index (χ1n) is 9.19. The highest BCUT2D eigenvalue weighted by Crippen LogP contribution is 2.27. The molecule has 1 heterocycles. The number of amides is 4. The Morgan fingerprint density at radius 3 is 2.23 bits per heavy atom. The summed E-state index contributed by atoms with van der Waals surface area (Å²) in [4.78, 5) is 41.4. The van der Waals surface area contributed by atoms with Crippen molar-refractivity contribution in [2.75, 3.05) is 5.32 Å². The van der Waals surface area contributed by atoms with E-state index in [1.54, 1.807) is 31.2 Å². The molecule has 0 radical (unpaired) electrons. The van der Waals surface area contributed by atoms with Crippen LogP contribution in [0.5, 0.6) is 0 Å². The second-order valence-electron chi connectivity index (χ2n) is 6.43. The number of rotatable bonds is 5. The van der Waals surface area contributed by atoms with Crippen molar-refractivity contribution in [3.05, 3.63) is 71.2 Å². The zero-order valence-electron chi connectivity index (χ0n) is 16.4. The van der Waals surface area contributed by atoms with Crippen LogP contribution in [-0.4, -0.2) is 28.9 Å². The number of hydrazine groups is 1. The van der Waals surface area contributed by atoms with E-state index in [4.69, 9.17) is 0 Å². The second-order valence-corrected chi connectivity index (χ2v) is 7.43. The van der Waals surface area contributed by atoms with Crippen LogP contribution in [0.2, 0.25) is 0 Å². The number of para-hydroxylation sites is 1. The van der Waals surface area contributed by atoms with Gasteiger partial charge in [-0.05, 0) is 26.0 Å². The number of thiazole rings is 1. The van der Waals surface area contributed by atoms with Gasteiger partial charge in [0.25, 0.3) is 11.8 Å². The molecule has 1 atom stereocenters. The summed E-state index contributed by atoms with van der Waals surface area (Å²) in [5.41, 5.74) is 6.78. The summed E-state index contributed by atoms with van der Waals surface area (Å²) in [7, 11) is 0. The number of aromatic nitrogens is 1. The lowest BCUT2D eigenvalue weighted by molar-refractivity contribution is -0.123. The summed E-state index contributed by atoms with van der Waals surface area (Å²) < 4.78 is 0. The van der Waals surface area contributed by atoms with E-state index in [9.17, 15) is 14.4 Å². The summed E-state index contributed by atoms with van der Waals surface area (Å²) in [5.74, 6) is -1.03. The Hall–Kier alpha value is -3.72. The van der Waals surface area contributed by atoms with Gasteiger partial charge in [-0.3, -0.25) is 20.4 Å². The SMILES string of the molecule is Cc1nc(-c2ccccc2)sc1C(=O)NNC(=O)C(C)NC(=O)Nc1ccccc1. The molecule has 4 N–H and O–H groups in total. The predicted molar refractivity (Wildman–Crippen MR) is 116 cm³/mol. The minimum Gasteiger partial charge on any atom is -0.326 e. The fraction of sp³-hybridized carbons (Fsp3) is 0.143. The van der Waals surface area contributed by atoms with Gasteiger partial charge >= 0.3 is 6.03 Å². The van der Waals surface area contributed by atoms with Crippen LogP contribution in [0, 0.1) is 6.92 Å². The minimum atomic E-state index is -0.864. The quantitative estimate of drug-likeness (QED) is 0.473. The van der Waals surface area contributed by atoms with Crippen molar-refractivity contribution in [3.8, 4) is 10.6 Å². The Bertz CT molecular complexity index is 1040. The summed E-state index contributed by atoms with van der Waals surface area (Å²) in [6.45, 7) is 3.25. The fourth-order valence-electron chi connectivity index (χ4n) is 2.55. The topological polar surface area (TPSA) is 112 Å². The first-order valence-corrected chi connectivity index (χ1v) is 10.0. The van der Waals surface area contributed by atoms with Crippen LogP contribution < -0.4 is 21.5 Å². The van der Waals surface area contributed by atoms with Crippen LogP contribution in [0.25, 0.3) is 10.6 Å². The molecule has 0 aliphatic carbocycles. The largest absolute Gasteiger partial charge is 0.326 e. The highest BCUT2D eigenvalue weighted by atomic mass is 32.1. The molecule has 30 heavy (non-hydrogen) atoms. The molecule has 0 fully saturated rings. The molecule has 3 aromatic rings. The Morgan fingerprint density at radius 1 is 0.933 bits per heavy atom. The van der Waals surface area contributed by atoms with Gasteiger partial charge in [-0.2, -0.15) is 0 Å². The number of hydrogen-bond acceptors (Lipinski definition) is 5. The van der Waals surface area contributed by atoms with Gasteiger partial charge < -0.3 is 10.6 Å². The Balaban J connectivity index is 1.52. The van der Waals surface area contributed by atoms with Gasteiger partial charge in [0.1, 0.15) is 15.9 Å². The summed E-state index contributed by atoms with van der Waals surface area (Å²) in [5, 5.41) is 5.85. The van der Waals surface area contributed by atoms with Crippen molar-refractivity contribution in [3.63, 3.8) is 0 Å². The summed E-state index contributed by atoms with van der Waals surface area (Å²) in [6.07, 6.45) is 0.